The van der Waals surface area contributed by atoms with Crippen molar-refractivity contribution < 1.29 is 33.0 Å². The van der Waals surface area contributed by atoms with Crippen LogP contribution in [0.3, 0.4) is 0 Å². The van der Waals surface area contributed by atoms with Crippen molar-refractivity contribution in [3.05, 3.63) is 57.5 Å². The molecule has 212 valence electrons. The number of rotatable bonds is 13. The summed E-state index contributed by atoms with van der Waals surface area (Å²) in [5.41, 5.74) is 1.92. The van der Waals surface area contributed by atoms with Crippen molar-refractivity contribution in [2.75, 3.05) is 0 Å². The summed E-state index contributed by atoms with van der Waals surface area (Å²) in [4.78, 5) is 34.9. The molecule has 2 amide bonds. The van der Waals surface area contributed by atoms with Crippen LogP contribution in [0.5, 0.6) is 0 Å². The van der Waals surface area contributed by atoms with Gasteiger partial charge in [-0.05, 0) is 39.5 Å². The van der Waals surface area contributed by atoms with E-state index in [0.29, 0.717) is 5.01 Å². The van der Waals surface area contributed by atoms with E-state index in [0.717, 1.165) is 33.8 Å². The van der Waals surface area contributed by atoms with Gasteiger partial charge in [-0.2, -0.15) is 13.2 Å². The minimum Gasteiger partial charge on any atom is -0.393 e. The minimum absolute atomic E-state index is 0.0709. The molecule has 0 aliphatic heterocycles. The van der Waals surface area contributed by atoms with E-state index in [1.54, 1.807) is 12.3 Å². The molecule has 2 aromatic heterocycles. The van der Waals surface area contributed by atoms with Gasteiger partial charge in [0.05, 0.1) is 18.3 Å². The van der Waals surface area contributed by atoms with E-state index in [2.05, 4.69) is 20.6 Å². The maximum Gasteiger partial charge on any atom is 0.389 e. The molecule has 2 unspecified atom stereocenters. The summed E-state index contributed by atoms with van der Waals surface area (Å²) in [5.74, 6) is -1.23. The molecule has 0 fully saturated rings. The largest absolute Gasteiger partial charge is 0.393 e. The number of carbonyl (C=O) groups is 2. The van der Waals surface area contributed by atoms with Gasteiger partial charge in [-0.1, -0.05) is 29.8 Å². The summed E-state index contributed by atoms with van der Waals surface area (Å²) < 4.78 is 38.2. The number of aromatic nitrogens is 2. The lowest BCUT2D eigenvalue weighted by molar-refractivity contribution is -0.136. The number of benzene rings is 1. The van der Waals surface area contributed by atoms with Crippen LogP contribution >= 0.6 is 22.7 Å². The van der Waals surface area contributed by atoms with Crippen LogP contribution in [-0.4, -0.2) is 56.4 Å². The summed E-state index contributed by atoms with van der Waals surface area (Å²) in [6.45, 7) is 3.50. The van der Waals surface area contributed by atoms with Crippen molar-refractivity contribution in [3.8, 4) is 10.6 Å². The Morgan fingerprint density at radius 3 is 2.38 bits per heavy atom. The van der Waals surface area contributed by atoms with E-state index < -0.39 is 48.7 Å². The zero-order valence-electron chi connectivity index (χ0n) is 21.4. The molecule has 0 spiro atoms. The molecular weight excluding hydrogens is 553 g/mol. The fourth-order valence-corrected chi connectivity index (χ4v) is 5.29. The molecule has 8 nitrogen and oxygen atoms in total. The van der Waals surface area contributed by atoms with Gasteiger partial charge in [0.15, 0.2) is 0 Å². The van der Waals surface area contributed by atoms with Crippen LogP contribution in [0.4, 0.5) is 13.2 Å². The lowest BCUT2D eigenvalue weighted by Crippen LogP contribution is -2.51. The maximum atomic E-state index is 13.3. The maximum absolute atomic E-state index is 13.3. The number of alkyl halides is 3. The first-order valence-corrected chi connectivity index (χ1v) is 14.1. The molecule has 4 atom stereocenters. The van der Waals surface area contributed by atoms with Crippen molar-refractivity contribution in [2.45, 2.75) is 76.4 Å². The van der Waals surface area contributed by atoms with Crippen LogP contribution in [0.2, 0.25) is 0 Å². The first-order chi connectivity index (χ1) is 18.4. The number of hydrogen-bond donors (Lipinski definition) is 4. The predicted octanol–water partition coefficient (Wildman–Crippen LogP) is 4.79. The van der Waals surface area contributed by atoms with E-state index in [1.807, 2.05) is 31.2 Å². The van der Waals surface area contributed by atoms with Crippen LogP contribution in [0.25, 0.3) is 10.6 Å². The molecule has 3 rings (SSSR count). The molecule has 1 aromatic carbocycles. The second-order valence-corrected chi connectivity index (χ2v) is 11.2. The van der Waals surface area contributed by atoms with Crippen molar-refractivity contribution in [3.63, 3.8) is 0 Å². The zero-order valence-corrected chi connectivity index (χ0v) is 23.1. The fraction of sp³-hybridized carbons (Fsp3) is 0.462. The Morgan fingerprint density at radius 1 is 1.05 bits per heavy atom. The summed E-state index contributed by atoms with van der Waals surface area (Å²) in [6.07, 6.45) is -4.88. The molecule has 0 aliphatic rings. The average molecular weight is 585 g/mol. The highest BCUT2D eigenvalue weighted by atomic mass is 32.1. The highest BCUT2D eigenvalue weighted by Gasteiger charge is 2.32. The predicted molar refractivity (Wildman–Crippen MR) is 143 cm³/mol. The SMILES string of the molecule is Cc1ccc(-c2ncc(C(=O)N[C@@H](CCC(C)O)C(=O)N[C@@H](CCCC(F)(F)F)C(O)c3nccs3)s2)cc1. The number of hydrogen-bond acceptors (Lipinski definition) is 8. The van der Waals surface area contributed by atoms with Crippen molar-refractivity contribution in [2.24, 2.45) is 0 Å². The number of aryl methyl sites for hydroxylation is 1. The number of halogens is 3. The molecule has 13 heteroatoms. The lowest BCUT2D eigenvalue weighted by atomic mass is 10.0. The molecule has 3 aromatic rings. The van der Waals surface area contributed by atoms with Crippen LogP contribution in [0.1, 0.15) is 65.4 Å². The molecule has 2 heterocycles. The van der Waals surface area contributed by atoms with Crippen molar-refractivity contribution in [1.82, 2.24) is 20.6 Å². The minimum atomic E-state index is -4.37. The smallest absolute Gasteiger partial charge is 0.389 e. The third-order valence-electron chi connectivity index (χ3n) is 5.91. The van der Waals surface area contributed by atoms with Gasteiger partial charge < -0.3 is 20.8 Å². The van der Waals surface area contributed by atoms with Gasteiger partial charge in [0.2, 0.25) is 5.91 Å². The van der Waals surface area contributed by atoms with Gasteiger partial charge >= 0.3 is 6.18 Å². The first kappa shape index (κ1) is 30.7. The third kappa shape index (κ3) is 9.67. The first-order valence-electron chi connectivity index (χ1n) is 12.4. The number of aliphatic hydroxyl groups is 2. The van der Waals surface area contributed by atoms with Gasteiger partial charge in [-0.15, -0.1) is 22.7 Å². The molecule has 39 heavy (non-hydrogen) atoms. The Labute approximate surface area is 232 Å². The number of aliphatic hydroxyl groups excluding tert-OH is 2. The second-order valence-electron chi connectivity index (χ2n) is 9.29. The van der Waals surface area contributed by atoms with Crippen LogP contribution in [-0.2, 0) is 4.79 Å². The van der Waals surface area contributed by atoms with Crippen LogP contribution < -0.4 is 10.6 Å². The summed E-state index contributed by atoms with van der Waals surface area (Å²) >= 11 is 2.26. The van der Waals surface area contributed by atoms with E-state index in [9.17, 15) is 33.0 Å². The van der Waals surface area contributed by atoms with Gasteiger partial charge in [-0.3, -0.25) is 9.59 Å². The van der Waals surface area contributed by atoms with Crippen LogP contribution in [0, 0.1) is 6.92 Å². The summed E-state index contributed by atoms with van der Waals surface area (Å²) in [5, 5.41) is 28.3. The van der Waals surface area contributed by atoms with Gasteiger partial charge in [0, 0.05) is 23.6 Å². The van der Waals surface area contributed by atoms with Crippen LogP contribution in [0.15, 0.2) is 42.0 Å². The lowest BCUT2D eigenvalue weighted by Gasteiger charge is -2.26. The molecule has 0 aliphatic carbocycles. The number of nitrogens with zero attached hydrogens (tertiary/aromatic N) is 2. The molecular formula is C26H31F3N4O4S2. The number of amides is 2. The Hall–Kier alpha value is -2.87. The summed E-state index contributed by atoms with van der Waals surface area (Å²) in [7, 11) is 0. The number of nitrogens with one attached hydrogen (secondary N) is 2. The fourth-order valence-electron chi connectivity index (χ4n) is 3.78. The standard InChI is InChI=1S/C26H31F3N4O4S2/c1-15-5-8-17(9-6-15)24-31-14-20(39-24)23(37)33-19(10-7-16(2)34)22(36)32-18(4-3-11-26(27,28)29)21(35)25-30-12-13-38-25/h5-6,8-9,12-14,16,18-19,21,34-35H,3-4,7,10-11H2,1-2H3,(H,32,36)(H,33,37)/t16?,18-,19-,21?/m0/s1. The zero-order chi connectivity index (χ0) is 28.6. The quantitative estimate of drug-likeness (QED) is 0.229. The topological polar surface area (TPSA) is 124 Å². The van der Waals surface area contributed by atoms with E-state index >= 15 is 0 Å². The van der Waals surface area contributed by atoms with E-state index in [-0.39, 0.29) is 35.6 Å². The third-order valence-corrected chi connectivity index (χ3v) is 7.80. The van der Waals surface area contributed by atoms with Gasteiger partial charge in [0.25, 0.3) is 5.91 Å². The Balaban J connectivity index is 1.73. The second kappa shape index (κ2) is 14.0. The van der Waals surface area contributed by atoms with E-state index in [1.165, 1.54) is 12.4 Å². The molecule has 0 radical (unpaired) electrons. The molecule has 0 saturated carbocycles. The van der Waals surface area contributed by atoms with Crippen molar-refractivity contribution in [1.29, 1.82) is 0 Å². The van der Waals surface area contributed by atoms with Crippen molar-refractivity contribution >= 4 is 34.5 Å². The van der Waals surface area contributed by atoms with Gasteiger partial charge in [-0.25, -0.2) is 9.97 Å². The highest BCUT2D eigenvalue weighted by Crippen LogP contribution is 2.28. The highest BCUT2D eigenvalue weighted by molar-refractivity contribution is 7.16. The Bertz CT molecular complexity index is 1200. The Morgan fingerprint density at radius 2 is 1.77 bits per heavy atom. The molecule has 4 N–H and O–H groups in total. The number of thiazole rings is 2. The monoisotopic (exact) mass is 584 g/mol. The number of carbonyl (C=O) groups excluding carboxylic acids is 2. The normalized spacial score (nSPS) is 14.8. The molecule has 0 saturated heterocycles. The summed E-state index contributed by atoms with van der Waals surface area (Å²) in [6, 6.07) is 5.47. The van der Waals surface area contributed by atoms with Gasteiger partial charge in [0.1, 0.15) is 27.0 Å². The average Bonchev–Trinajstić information content (AvgIpc) is 3.58. The van der Waals surface area contributed by atoms with E-state index in [4.69, 9.17) is 0 Å². The molecule has 0 bridgehead atoms. The Kier molecular flexibility index (Phi) is 11.0.